The zero-order chi connectivity index (χ0) is 16.0. The summed E-state index contributed by atoms with van der Waals surface area (Å²) in [6.07, 6.45) is 3.12. The summed E-state index contributed by atoms with van der Waals surface area (Å²) in [5, 5.41) is 14.2. The van der Waals surface area contributed by atoms with Crippen LogP contribution in [0.2, 0.25) is 0 Å². The first kappa shape index (κ1) is 17.7. The highest BCUT2D eigenvalue weighted by Crippen LogP contribution is 2.33. The number of hydrogen-bond acceptors (Lipinski definition) is 5. The molecule has 4 rings (SSSR count). The van der Waals surface area contributed by atoms with Crippen molar-refractivity contribution < 1.29 is 14.6 Å². The number of carbonyl (C=O) groups is 1. The van der Waals surface area contributed by atoms with Gasteiger partial charge in [-0.3, -0.25) is 0 Å². The molecule has 0 radical (unpaired) electrons. The molecule has 0 aliphatic carbocycles. The zero-order valence-corrected chi connectivity index (χ0v) is 14.8. The molecular formula is C18H25ClN2O3. The van der Waals surface area contributed by atoms with Crippen LogP contribution in [0.1, 0.15) is 52.4 Å². The number of ether oxygens (including phenoxy) is 1. The van der Waals surface area contributed by atoms with E-state index in [1.807, 2.05) is 13.0 Å². The number of carbonyl (C=O) groups excluding carboxylic acids is 1. The van der Waals surface area contributed by atoms with Crippen LogP contribution in [0.15, 0.2) is 12.1 Å². The van der Waals surface area contributed by atoms with Gasteiger partial charge in [0.1, 0.15) is 6.61 Å². The number of aliphatic hydroxyl groups is 1. The molecule has 1 spiro atoms. The standard InChI is InChI=1S/C18H24N2O3.ClH/c1-12-13(2-3-14-15(12)11-23-17(14)22)16(21)10-20-8-5-18(6-9-20)4-7-19-18;/h2-3,16,19,21H,4-11H2,1H3;1H. The highest BCUT2D eigenvalue weighted by molar-refractivity contribution is 5.93. The van der Waals surface area contributed by atoms with Crippen LogP contribution in [-0.2, 0) is 11.3 Å². The number of piperidine rings is 1. The van der Waals surface area contributed by atoms with E-state index in [0.29, 0.717) is 24.3 Å². The topological polar surface area (TPSA) is 61.8 Å². The van der Waals surface area contributed by atoms with Crippen molar-refractivity contribution in [2.24, 2.45) is 0 Å². The molecule has 0 bridgehead atoms. The van der Waals surface area contributed by atoms with Gasteiger partial charge in [0.05, 0.1) is 11.7 Å². The van der Waals surface area contributed by atoms with Gasteiger partial charge in [-0.2, -0.15) is 0 Å². The molecule has 0 saturated carbocycles. The molecular weight excluding hydrogens is 328 g/mol. The van der Waals surface area contributed by atoms with Crippen LogP contribution >= 0.6 is 12.4 Å². The monoisotopic (exact) mass is 352 g/mol. The molecule has 2 fully saturated rings. The number of halogens is 1. The molecule has 2 N–H and O–H groups in total. The number of nitrogens with one attached hydrogen (secondary N) is 1. The summed E-state index contributed by atoms with van der Waals surface area (Å²) in [5.41, 5.74) is 3.89. The van der Waals surface area contributed by atoms with E-state index in [1.165, 1.54) is 19.3 Å². The molecule has 1 aromatic rings. The number of nitrogens with zero attached hydrogens (tertiary/aromatic N) is 1. The van der Waals surface area contributed by atoms with Gasteiger partial charge in [-0.25, -0.2) is 4.79 Å². The third kappa shape index (κ3) is 2.94. The summed E-state index contributed by atoms with van der Waals surface area (Å²) in [7, 11) is 0. The molecule has 3 heterocycles. The van der Waals surface area contributed by atoms with Crippen LogP contribution in [0.5, 0.6) is 0 Å². The van der Waals surface area contributed by atoms with Crippen molar-refractivity contribution in [2.75, 3.05) is 26.2 Å². The Kier molecular flexibility index (Phi) is 4.89. The third-order valence-corrected chi connectivity index (χ3v) is 5.91. The second-order valence-electron chi connectivity index (χ2n) is 7.16. The highest BCUT2D eigenvalue weighted by atomic mass is 35.5. The smallest absolute Gasteiger partial charge is 0.338 e. The fourth-order valence-corrected chi connectivity index (χ4v) is 4.14. The summed E-state index contributed by atoms with van der Waals surface area (Å²) in [5.74, 6) is -0.251. The summed E-state index contributed by atoms with van der Waals surface area (Å²) in [6.45, 7) is 6.19. The predicted molar refractivity (Wildman–Crippen MR) is 93.5 cm³/mol. The quantitative estimate of drug-likeness (QED) is 0.814. The summed E-state index contributed by atoms with van der Waals surface area (Å²) in [6, 6.07) is 3.67. The maximum absolute atomic E-state index is 11.6. The molecule has 1 atom stereocenters. The molecule has 3 aliphatic heterocycles. The number of benzene rings is 1. The molecule has 1 unspecified atom stereocenters. The first-order valence-corrected chi connectivity index (χ1v) is 8.53. The van der Waals surface area contributed by atoms with E-state index in [4.69, 9.17) is 4.74 Å². The van der Waals surface area contributed by atoms with Crippen LogP contribution < -0.4 is 5.32 Å². The summed E-state index contributed by atoms with van der Waals surface area (Å²) >= 11 is 0. The van der Waals surface area contributed by atoms with Crippen LogP contribution in [0.25, 0.3) is 0 Å². The lowest BCUT2D eigenvalue weighted by molar-refractivity contribution is 0.0496. The van der Waals surface area contributed by atoms with Gasteiger partial charge >= 0.3 is 5.97 Å². The van der Waals surface area contributed by atoms with E-state index in [-0.39, 0.29) is 18.4 Å². The van der Waals surface area contributed by atoms with Gasteiger partial charge in [0.15, 0.2) is 0 Å². The van der Waals surface area contributed by atoms with Crippen molar-refractivity contribution >= 4 is 18.4 Å². The van der Waals surface area contributed by atoms with E-state index >= 15 is 0 Å². The Morgan fingerprint density at radius 1 is 1.33 bits per heavy atom. The molecule has 24 heavy (non-hydrogen) atoms. The molecule has 3 aliphatic rings. The van der Waals surface area contributed by atoms with E-state index < -0.39 is 6.10 Å². The predicted octanol–water partition coefficient (Wildman–Crippen LogP) is 1.95. The number of rotatable bonds is 3. The van der Waals surface area contributed by atoms with E-state index in [0.717, 1.165) is 36.3 Å². The van der Waals surface area contributed by atoms with Crippen molar-refractivity contribution in [1.29, 1.82) is 0 Å². The van der Waals surface area contributed by atoms with Crippen molar-refractivity contribution in [3.05, 3.63) is 34.4 Å². The normalized spacial score (nSPS) is 23.2. The van der Waals surface area contributed by atoms with Gasteiger partial charge in [-0.15, -0.1) is 12.4 Å². The molecule has 0 aromatic heterocycles. The van der Waals surface area contributed by atoms with Crippen LogP contribution in [-0.4, -0.2) is 47.7 Å². The fraction of sp³-hybridized carbons (Fsp3) is 0.611. The van der Waals surface area contributed by atoms with Crippen molar-refractivity contribution in [2.45, 2.75) is 44.4 Å². The Labute approximate surface area is 148 Å². The average Bonchev–Trinajstić information content (AvgIpc) is 2.89. The molecule has 6 heteroatoms. The second-order valence-corrected chi connectivity index (χ2v) is 7.16. The highest BCUT2D eigenvalue weighted by Gasteiger charge is 2.39. The lowest BCUT2D eigenvalue weighted by Gasteiger charge is -2.49. The minimum absolute atomic E-state index is 0. The van der Waals surface area contributed by atoms with Crippen LogP contribution in [0.4, 0.5) is 0 Å². The Bertz CT molecular complexity index is 635. The van der Waals surface area contributed by atoms with E-state index in [2.05, 4.69) is 10.2 Å². The Morgan fingerprint density at radius 3 is 2.67 bits per heavy atom. The first-order chi connectivity index (χ1) is 11.1. The number of β-amino-alcohol motifs (C(OH)–C–C–N with tert-alkyl or cyclic N) is 1. The summed E-state index contributed by atoms with van der Waals surface area (Å²) in [4.78, 5) is 14.0. The number of likely N-dealkylation sites (tertiary alicyclic amines) is 1. The second kappa shape index (κ2) is 6.64. The maximum Gasteiger partial charge on any atom is 0.338 e. The minimum Gasteiger partial charge on any atom is -0.457 e. The Balaban J connectivity index is 0.00000169. The Hall–Kier alpha value is -1.14. The number of esters is 1. The van der Waals surface area contributed by atoms with Gasteiger partial charge in [0.2, 0.25) is 0 Å². The van der Waals surface area contributed by atoms with Gasteiger partial charge in [0.25, 0.3) is 0 Å². The lowest BCUT2D eigenvalue weighted by Crippen LogP contribution is -2.62. The maximum atomic E-state index is 11.6. The summed E-state index contributed by atoms with van der Waals surface area (Å²) < 4.78 is 5.09. The first-order valence-electron chi connectivity index (χ1n) is 8.53. The SMILES string of the molecule is Cc1c(C(O)CN2CCC3(CCN3)CC2)ccc2c1COC2=O.Cl. The van der Waals surface area contributed by atoms with E-state index in [1.54, 1.807) is 6.07 Å². The fourth-order valence-electron chi connectivity index (χ4n) is 4.14. The molecule has 1 aromatic carbocycles. The molecule has 132 valence electrons. The molecule has 5 nitrogen and oxygen atoms in total. The Morgan fingerprint density at radius 2 is 2.04 bits per heavy atom. The zero-order valence-electron chi connectivity index (χ0n) is 14.0. The van der Waals surface area contributed by atoms with Crippen LogP contribution in [0, 0.1) is 6.92 Å². The number of hydrogen-bond donors (Lipinski definition) is 2. The largest absolute Gasteiger partial charge is 0.457 e. The average molecular weight is 353 g/mol. The minimum atomic E-state index is -0.514. The molecule has 0 amide bonds. The van der Waals surface area contributed by atoms with Gasteiger partial charge in [-0.05, 0) is 49.9 Å². The number of aliphatic hydroxyl groups excluding tert-OH is 1. The van der Waals surface area contributed by atoms with Crippen molar-refractivity contribution in [3.8, 4) is 0 Å². The van der Waals surface area contributed by atoms with Crippen molar-refractivity contribution in [3.63, 3.8) is 0 Å². The van der Waals surface area contributed by atoms with Crippen molar-refractivity contribution in [1.82, 2.24) is 10.2 Å². The van der Waals surface area contributed by atoms with Gasteiger partial charge in [0, 0.05) is 30.7 Å². The molecule has 2 saturated heterocycles. The van der Waals surface area contributed by atoms with Gasteiger partial charge < -0.3 is 20.1 Å². The van der Waals surface area contributed by atoms with Gasteiger partial charge in [-0.1, -0.05) is 6.07 Å². The third-order valence-electron chi connectivity index (χ3n) is 5.91. The number of cyclic esters (lactones) is 1. The van der Waals surface area contributed by atoms with E-state index in [9.17, 15) is 9.90 Å². The number of fused-ring (bicyclic) bond motifs is 1. The van der Waals surface area contributed by atoms with Crippen LogP contribution in [0.3, 0.4) is 0 Å². The lowest BCUT2D eigenvalue weighted by atomic mass is 9.79.